The van der Waals surface area contributed by atoms with Crippen LogP contribution in [0.2, 0.25) is 0 Å². The first-order valence-electron chi connectivity index (χ1n) is 11.0. The molecule has 4 heterocycles. The van der Waals surface area contributed by atoms with Gasteiger partial charge in [0.2, 0.25) is 0 Å². The van der Waals surface area contributed by atoms with Crippen LogP contribution in [0.25, 0.3) is 21.9 Å². The van der Waals surface area contributed by atoms with E-state index in [0.29, 0.717) is 16.6 Å². The number of nitrogens with zero attached hydrogens (tertiary/aromatic N) is 5. The smallest absolute Gasteiger partial charge is 0.256 e. The van der Waals surface area contributed by atoms with Gasteiger partial charge in [0.1, 0.15) is 5.82 Å². The fourth-order valence-electron chi connectivity index (χ4n) is 4.04. The van der Waals surface area contributed by atoms with Crippen LogP contribution >= 0.6 is 11.8 Å². The maximum absolute atomic E-state index is 12.9. The third-order valence-corrected chi connectivity index (χ3v) is 7.22. The quantitative estimate of drug-likeness (QED) is 0.476. The van der Waals surface area contributed by atoms with Gasteiger partial charge in [-0.25, -0.2) is 9.97 Å². The molecular weight excluding hydrogens is 432 g/mol. The van der Waals surface area contributed by atoms with Crippen molar-refractivity contribution in [1.82, 2.24) is 24.6 Å². The Bertz CT molecular complexity index is 1300. The lowest BCUT2D eigenvalue weighted by molar-refractivity contribution is 0.102. The Hall–Kier alpha value is -3.23. The SMILES string of the molecule is CN1CCC(Sc2cc(C(=O)Nc3cc4cc(-c5cnn(C)c5)ccc4cn3)ccn2)CC1. The zero-order valence-corrected chi connectivity index (χ0v) is 19.5. The number of rotatable bonds is 5. The van der Waals surface area contributed by atoms with Gasteiger partial charge in [0.05, 0.1) is 11.2 Å². The largest absolute Gasteiger partial charge is 0.307 e. The van der Waals surface area contributed by atoms with E-state index in [4.69, 9.17) is 0 Å². The van der Waals surface area contributed by atoms with Crippen molar-refractivity contribution in [2.45, 2.75) is 23.1 Å². The summed E-state index contributed by atoms with van der Waals surface area (Å²) in [4.78, 5) is 24.2. The zero-order valence-electron chi connectivity index (χ0n) is 18.7. The van der Waals surface area contributed by atoms with Crippen molar-refractivity contribution in [2.24, 2.45) is 7.05 Å². The molecule has 4 aromatic rings. The summed E-state index contributed by atoms with van der Waals surface area (Å²) in [6.45, 7) is 2.21. The number of fused-ring (bicyclic) bond motifs is 1. The predicted octanol–water partition coefficient (Wildman–Crippen LogP) is 4.47. The van der Waals surface area contributed by atoms with Gasteiger partial charge in [0.15, 0.2) is 0 Å². The molecule has 1 N–H and O–H groups in total. The first-order chi connectivity index (χ1) is 16.0. The molecule has 0 unspecified atom stereocenters. The van der Waals surface area contributed by atoms with Crippen LogP contribution < -0.4 is 5.32 Å². The summed E-state index contributed by atoms with van der Waals surface area (Å²) < 4.78 is 1.78. The van der Waals surface area contributed by atoms with Gasteiger partial charge in [0.25, 0.3) is 5.91 Å². The number of aromatic nitrogens is 4. The number of thioether (sulfide) groups is 1. The molecule has 0 saturated carbocycles. The monoisotopic (exact) mass is 458 g/mol. The molecule has 1 aromatic carbocycles. The number of aryl methyl sites for hydroxylation is 1. The number of hydrogen-bond acceptors (Lipinski definition) is 6. The van der Waals surface area contributed by atoms with Crippen LogP contribution in [0.5, 0.6) is 0 Å². The molecule has 0 spiro atoms. The molecule has 1 saturated heterocycles. The first kappa shape index (κ1) is 21.6. The Morgan fingerprint density at radius 3 is 2.64 bits per heavy atom. The van der Waals surface area contributed by atoms with Gasteiger partial charge in [-0.3, -0.25) is 9.48 Å². The number of anilines is 1. The number of pyridine rings is 2. The van der Waals surface area contributed by atoms with Crippen LogP contribution in [0, 0.1) is 0 Å². The lowest BCUT2D eigenvalue weighted by atomic mass is 10.1. The van der Waals surface area contributed by atoms with Gasteiger partial charge in [-0.05, 0) is 68.2 Å². The normalized spacial score (nSPS) is 15.1. The molecule has 0 atom stereocenters. The van der Waals surface area contributed by atoms with E-state index in [-0.39, 0.29) is 5.91 Å². The number of amides is 1. The van der Waals surface area contributed by atoms with Crippen molar-refractivity contribution in [3.63, 3.8) is 0 Å². The number of benzene rings is 1. The molecule has 0 radical (unpaired) electrons. The zero-order chi connectivity index (χ0) is 22.8. The second kappa shape index (κ2) is 9.33. The summed E-state index contributed by atoms with van der Waals surface area (Å²) in [5, 5.41) is 10.7. The highest BCUT2D eigenvalue weighted by Crippen LogP contribution is 2.29. The summed E-state index contributed by atoms with van der Waals surface area (Å²) in [6.07, 6.45) is 9.60. The summed E-state index contributed by atoms with van der Waals surface area (Å²) in [5.41, 5.74) is 2.71. The Labute approximate surface area is 197 Å². The molecule has 1 fully saturated rings. The number of hydrogen-bond donors (Lipinski definition) is 1. The molecule has 33 heavy (non-hydrogen) atoms. The van der Waals surface area contributed by atoms with Crippen LogP contribution in [0.1, 0.15) is 23.2 Å². The van der Waals surface area contributed by atoms with Crippen molar-refractivity contribution < 1.29 is 4.79 Å². The van der Waals surface area contributed by atoms with E-state index < -0.39 is 0 Å². The predicted molar refractivity (Wildman–Crippen MR) is 133 cm³/mol. The van der Waals surface area contributed by atoms with Crippen molar-refractivity contribution in [2.75, 3.05) is 25.5 Å². The highest BCUT2D eigenvalue weighted by atomic mass is 32.2. The lowest BCUT2D eigenvalue weighted by Crippen LogP contribution is -2.31. The molecule has 1 amide bonds. The number of likely N-dealkylation sites (tertiary alicyclic amines) is 1. The average molecular weight is 459 g/mol. The van der Waals surface area contributed by atoms with E-state index in [9.17, 15) is 4.79 Å². The van der Waals surface area contributed by atoms with Crippen LogP contribution in [-0.4, -0.2) is 55.9 Å². The third-order valence-electron chi connectivity index (χ3n) is 5.95. The van der Waals surface area contributed by atoms with Crippen molar-refractivity contribution in [3.8, 4) is 11.1 Å². The Morgan fingerprint density at radius 1 is 1.00 bits per heavy atom. The number of carbonyl (C=O) groups excluding carboxylic acids is 1. The number of piperidine rings is 1. The average Bonchev–Trinajstić information content (AvgIpc) is 3.26. The minimum absolute atomic E-state index is 0.183. The van der Waals surface area contributed by atoms with Gasteiger partial charge < -0.3 is 10.2 Å². The van der Waals surface area contributed by atoms with Gasteiger partial charge in [0, 0.05) is 47.4 Å². The molecule has 1 aliphatic heterocycles. The maximum atomic E-state index is 12.9. The molecule has 7 nitrogen and oxygen atoms in total. The second-order valence-corrected chi connectivity index (χ2v) is 9.81. The molecule has 5 rings (SSSR count). The van der Waals surface area contributed by atoms with E-state index in [2.05, 4.69) is 44.5 Å². The molecule has 168 valence electrons. The van der Waals surface area contributed by atoms with Gasteiger partial charge in [-0.1, -0.05) is 12.1 Å². The highest BCUT2D eigenvalue weighted by Gasteiger charge is 2.19. The van der Waals surface area contributed by atoms with E-state index >= 15 is 0 Å². The van der Waals surface area contributed by atoms with E-state index in [0.717, 1.165) is 52.9 Å². The molecule has 3 aromatic heterocycles. The fraction of sp³-hybridized carbons (Fsp3) is 0.280. The van der Waals surface area contributed by atoms with Crippen LogP contribution in [-0.2, 0) is 7.05 Å². The summed E-state index contributed by atoms with van der Waals surface area (Å²) in [7, 11) is 4.06. The molecule has 8 heteroatoms. The minimum Gasteiger partial charge on any atom is -0.307 e. The Morgan fingerprint density at radius 2 is 1.85 bits per heavy atom. The third kappa shape index (κ3) is 5.07. The van der Waals surface area contributed by atoms with E-state index in [1.165, 1.54) is 0 Å². The summed E-state index contributed by atoms with van der Waals surface area (Å²) in [5.74, 6) is 0.343. The van der Waals surface area contributed by atoms with Crippen LogP contribution in [0.4, 0.5) is 5.82 Å². The van der Waals surface area contributed by atoms with Crippen LogP contribution in [0.15, 0.2) is 66.2 Å². The Kier molecular flexibility index (Phi) is 6.11. The number of carbonyl (C=O) groups is 1. The van der Waals surface area contributed by atoms with Crippen molar-refractivity contribution in [3.05, 3.63) is 66.7 Å². The standard InChI is InChI=1S/C25H26N6OS/c1-30-9-6-22(7-10-30)33-24-13-18(5-8-26-24)25(32)29-23-12-20-11-17(3-4-19(20)14-27-23)21-15-28-31(2)16-21/h3-5,8,11-16,22H,6-7,9-10H2,1-2H3,(H,27,29,32). The highest BCUT2D eigenvalue weighted by molar-refractivity contribution is 7.99. The summed E-state index contributed by atoms with van der Waals surface area (Å²) >= 11 is 1.77. The molecule has 0 aliphatic carbocycles. The maximum Gasteiger partial charge on any atom is 0.256 e. The van der Waals surface area contributed by atoms with Gasteiger partial charge in [-0.15, -0.1) is 11.8 Å². The molecule has 1 aliphatic rings. The van der Waals surface area contributed by atoms with Crippen molar-refractivity contribution >= 4 is 34.3 Å². The van der Waals surface area contributed by atoms with Crippen LogP contribution in [0.3, 0.4) is 0 Å². The Balaban J connectivity index is 1.31. The van der Waals surface area contributed by atoms with Crippen molar-refractivity contribution in [1.29, 1.82) is 0 Å². The van der Waals surface area contributed by atoms with E-state index in [1.54, 1.807) is 34.9 Å². The molecular formula is C25H26N6OS. The lowest BCUT2D eigenvalue weighted by Gasteiger charge is -2.28. The molecule has 0 bridgehead atoms. The minimum atomic E-state index is -0.183. The van der Waals surface area contributed by atoms with E-state index in [1.807, 2.05) is 37.6 Å². The fourth-order valence-corrected chi connectivity index (χ4v) is 5.14. The summed E-state index contributed by atoms with van der Waals surface area (Å²) in [6, 6.07) is 11.7. The number of nitrogens with one attached hydrogen (secondary N) is 1. The first-order valence-corrected chi connectivity index (χ1v) is 11.9. The second-order valence-electron chi connectivity index (χ2n) is 8.49. The van der Waals surface area contributed by atoms with Gasteiger partial charge in [-0.2, -0.15) is 5.10 Å². The topological polar surface area (TPSA) is 75.9 Å². The van der Waals surface area contributed by atoms with Gasteiger partial charge >= 0.3 is 0 Å².